The average Bonchev–Trinajstić information content (AvgIpc) is 2.92. The molecule has 2 aliphatic heterocycles. The highest BCUT2D eigenvalue weighted by Crippen LogP contribution is 2.31. The lowest BCUT2D eigenvalue weighted by atomic mass is 9.93. The zero-order valence-electron chi connectivity index (χ0n) is 14.7. The van der Waals surface area contributed by atoms with Crippen molar-refractivity contribution < 1.29 is 9.59 Å². The topological polar surface area (TPSA) is 88.0 Å². The number of fused-ring (bicyclic) bond motifs is 1. The Kier molecular flexibility index (Phi) is 5.48. The first-order chi connectivity index (χ1) is 12.1. The second kappa shape index (κ2) is 7.63. The number of benzene rings is 1. The Morgan fingerprint density at radius 2 is 1.96 bits per heavy atom. The Labute approximate surface area is 158 Å². The van der Waals surface area contributed by atoms with Crippen molar-refractivity contribution in [1.29, 1.82) is 0 Å². The average molecular weight is 378 g/mol. The zero-order chi connectivity index (χ0) is 17.4. The Hall–Kier alpha value is -2.12. The maximum atomic E-state index is 12.2. The lowest BCUT2D eigenvalue weighted by molar-refractivity contribution is -0.134. The van der Waals surface area contributed by atoms with Gasteiger partial charge in [-0.15, -0.1) is 12.4 Å². The highest BCUT2D eigenvalue weighted by Gasteiger charge is 2.31. The lowest BCUT2D eigenvalue weighted by Crippen LogP contribution is -2.39. The quantitative estimate of drug-likeness (QED) is 0.708. The molecular weight excluding hydrogens is 354 g/mol. The summed E-state index contributed by atoms with van der Waals surface area (Å²) in [4.78, 5) is 23.6. The maximum absolute atomic E-state index is 12.2. The third-order valence-electron chi connectivity index (χ3n) is 5.16. The summed E-state index contributed by atoms with van der Waals surface area (Å²) in [5, 5.41) is 15.0. The second-order valence-electron chi connectivity index (χ2n) is 6.91. The van der Waals surface area contributed by atoms with Gasteiger partial charge in [-0.3, -0.25) is 19.6 Å². The summed E-state index contributed by atoms with van der Waals surface area (Å²) in [5.41, 5.74) is 2.84. The predicted octanol–water partition coefficient (Wildman–Crippen LogP) is 1.68. The van der Waals surface area contributed by atoms with Gasteiger partial charge in [-0.1, -0.05) is 0 Å². The number of hydrogen-bond acceptors (Lipinski definition) is 5. The zero-order valence-corrected chi connectivity index (χ0v) is 15.6. The van der Waals surface area contributed by atoms with Crippen molar-refractivity contribution in [3.05, 3.63) is 23.9 Å². The van der Waals surface area contributed by atoms with E-state index in [9.17, 15) is 9.59 Å². The van der Waals surface area contributed by atoms with Crippen LogP contribution in [0.1, 0.15) is 37.3 Å². The molecule has 4 rings (SSSR count). The van der Waals surface area contributed by atoms with Gasteiger partial charge in [0.1, 0.15) is 0 Å². The lowest BCUT2D eigenvalue weighted by Gasteiger charge is -2.24. The molecule has 1 aromatic heterocycles. The number of piperidine rings is 2. The Morgan fingerprint density at radius 3 is 2.69 bits per heavy atom. The maximum Gasteiger partial charge on any atom is 0.235 e. The Balaban J connectivity index is 0.00000196. The van der Waals surface area contributed by atoms with Gasteiger partial charge in [-0.25, -0.2) is 0 Å². The number of rotatable bonds is 3. The first-order valence-corrected chi connectivity index (χ1v) is 8.89. The van der Waals surface area contributed by atoms with Crippen LogP contribution in [0.3, 0.4) is 0 Å². The molecule has 26 heavy (non-hydrogen) atoms. The van der Waals surface area contributed by atoms with E-state index in [4.69, 9.17) is 0 Å². The molecule has 140 valence electrons. The predicted molar refractivity (Wildman–Crippen MR) is 103 cm³/mol. The molecule has 3 N–H and O–H groups in total. The van der Waals surface area contributed by atoms with E-state index in [0.29, 0.717) is 18.9 Å². The normalized spacial score (nSPS) is 21.3. The number of hydrogen-bond donors (Lipinski definition) is 3. The van der Waals surface area contributed by atoms with Crippen molar-refractivity contribution in [2.75, 3.05) is 18.4 Å². The first kappa shape index (κ1) is 18.7. The van der Waals surface area contributed by atoms with Crippen LogP contribution in [0.2, 0.25) is 0 Å². The number of halogens is 1. The summed E-state index contributed by atoms with van der Waals surface area (Å²) in [6.45, 7) is 2.09. The van der Waals surface area contributed by atoms with Crippen LogP contribution in [0.4, 0.5) is 5.69 Å². The van der Waals surface area contributed by atoms with E-state index in [0.717, 1.165) is 48.2 Å². The summed E-state index contributed by atoms with van der Waals surface area (Å²) in [6.07, 6.45) is 3.12. The molecule has 1 unspecified atom stereocenters. The summed E-state index contributed by atoms with van der Waals surface area (Å²) >= 11 is 0. The molecule has 3 heterocycles. The molecule has 1 aromatic carbocycles. The van der Waals surface area contributed by atoms with E-state index in [2.05, 4.69) is 33.2 Å². The highest BCUT2D eigenvalue weighted by atomic mass is 35.5. The van der Waals surface area contributed by atoms with Crippen LogP contribution >= 0.6 is 12.4 Å². The van der Waals surface area contributed by atoms with E-state index in [1.54, 1.807) is 0 Å². The van der Waals surface area contributed by atoms with E-state index < -0.39 is 0 Å². The largest absolute Gasteiger partial charge is 0.382 e. The Bertz CT molecular complexity index is 828. The van der Waals surface area contributed by atoms with Crippen molar-refractivity contribution in [1.82, 2.24) is 20.4 Å². The third kappa shape index (κ3) is 3.54. The number of imide groups is 1. The fourth-order valence-corrected chi connectivity index (χ4v) is 3.79. The molecule has 0 spiro atoms. The van der Waals surface area contributed by atoms with Crippen LogP contribution in [0.25, 0.3) is 10.9 Å². The number of carbonyl (C=O) groups is 2. The van der Waals surface area contributed by atoms with Crippen molar-refractivity contribution in [3.63, 3.8) is 0 Å². The number of nitrogens with one attached hydrogen (secondary N) is 3. The minimum atomic E-state index is -0.357. The van der Waals surface area contributed by atoms with Gasteiger partial charge in [-0.2, -0.15) is 5.10 Å². The van der Waals surface area contributed by atoms with Crippen LogP contribution < -0.4 is 16.0 Å². The molecule has 0 saturated carbocycles. The second-order valence-corrected chi connectivity index (χ2v) is 6.91. The van der Waals surface area contributed by atoms with Crippen molar-refractivity contribution in [2.24, 2.45) is 7.05 Å². The Morgan fingerprint density at radius 1 is 1.19 bits per heavy atom. The standard InChI is InChI=1S/C18H23N5O2.ClH/c1-23-15-10-12(20-11-6-8-19-9-7-11)2-3-13(15)17(22-23)14-4-5-16(24)21-18(14)25;/h2-3,10-11,14,19-20H,4-9H2,1H3,(H,21,24,25);1H. The fourth-order valence-electron chi connectivity index (χ4n) is 3.79. The first-order valence-electron chi connectivity index (χ1n) is 8.89. The molecule has 0 aliphatic carbocycles. The number of amides is 2. The van der Waals surface area contributed by atoms with Crippen molar-refractivity contribution >= 4 is 40.8 Å². The number of anilines is 1. The van der Waals surface area contributed by atoms with Crippen LogP contribution in [-0.2, 0) is 16.6 Å². The molecule has 2 amide bonds. The number of aromatic nitrogens is 2. The SMILES string of the molecule is Cl.Cn1nc(C2CCC(=O)NC2=O)c2ccc(NC3CCNCC3)cc21. The monoisotopic (exact) mass is 377 g/mol. The smallest absolute Gasteiger partial charge is 0.235 e. The van der Waals surface area contributed by atoms with Crippen molar-refractivity contribution in [3.8, 4) is 0 Å². The van der Waals surface area contributed by atoms with Gasteiger partial charge < -0.3 is 10.6 Å². The highest BCUT2D eigenvalue weighted by molar-refractivity contribution is 6.02. The van der Waals surface area contributed by atoms with E-state index in [1.807, 2.05) is 17.8 Å². The molecule has 2 saturated heterocycles. The molecule has 2 aromatic rings. The fraction of sp³-hybridized carbons (Fsp3) is 0.500. The molecule has 0 bridgehead atoms. The minimum absolute atomic E-state index is 0. The van der Waals surface area contributed by atoms with Gasteiger partial charge in [-0.05, 0) is 50.6 Å². The molecule has 2 fully saturated rings. The van der Waals surface area contributed by atoms with Gasteiger partial charge in [0.15, 0.2) is 0 Å². The van der Waals surface area contributed by atoms with Crippen LogP contribution in [0.5, 0.6) is 0 Å². The third-order valence-corrected chi connectivity index (χ3v) is 5.16. The molecule has 0 radical (unpaired) electrons. The van der Waals surface area contributed by atoms with E-state index in [1.165, 1.54) is 0 Å². The minimum Gasteiger partial charge on any atom is -0.382 e. The van der Waals surface area contributed by atoms with E-state index in [-0.39, 0.29) is 30.1 Å². The molecular formula is C18H24ClN5O2. The molecule has 8 heteroatoms. The molecule has 7 nitrogen and oxygen atoms in total. The molecule has 2 aliphatic rings. The van der Waals surface area contributed by atoms with Gasteiger partial charge in [0.05, 0.1) is 17.1 Å². The van der Waals surface area contributed by atoms with E-state index >= 15 is 0 Å². The number of nitrogens with zero attached hydrogens (tertiary/aromatic N) is 2. The van der Waals surface area contributed by atoms with Gasteiger partial charge in [0.25, 0.3) is 0 Å². The summed E-state index contributed by atoms with van der Waals surface area (Å²) in [5.74, 6) is -0.798. The summed E-state index contributed by atoms with van der Waals surface area (Å²) < 4.78 is 1.82. The number of carbonyl (C=O) groups excluding carboxylic acids is 2. The molecule has 1 atom stereocenters. The van der Waals surface area contributed by atoms with Crippen molar-refractivity contribution in [2.45, 2.75) is 37.6 Å². The summed E-state index contributed by atoms with van der Waals surface area (Å²) in [6, 6.07) is 6.67. The van der Waals surface area contributed by atoms with Gasteiger partial charge in [0, 0.05) is 30.6 Å². The van der Waals surface area contributed by atoms with Crippen LogP contribution in [0, 0.1) is 0 Å². The number of aryl methyl sites for hydroxylation is 1. The summed E-state index contributed by atoms with van der Waals surface area (Å²) in [7, 11) is 1.89. The van der Waals surface area contributed by atoms with Crippen LogP contribution in [0.15, 0.2) is 18.2 Å². The van der Waals surface area contributed by atoms with Gasteiger partial charge >= 0.3 is 0 Å². The van der Waals surface area contributed by atoms with Gasteiger partial charge in [0.2, 0.25) is 11.8 Å². The van der Waals surface area contributed by atoms with Crippen LogP contribution in [-0.4, -0.2) is 40.7 Å².